The lowest BCUT2D eigenvalue weighted by atomic mass is 9.71. The second-order valence-corrected chi connectivity index (χ2v) is 5.60. The molecule has 2 fully saturated rings. The summed E-state index contributed by atoms with van der Waals surface area (Å²) in [5.41, 5.74) is 0.412. The summed E-state index contributed by atoms with van der Waals surface area (Å²) in [6.45, 7) is 5.53. The van der Waals surface area contributed by atoms with E-state index in [1.807, 2.05) is 0 Å². The Hall–Kier alpha value is -0.810. The van der Waals surface area contributed by atoms with Gasteiger partial charge in [-0.1, -0.05) is 0 Å². The van der Waals surface area contributed by atoms with Gasteiger partial charge in [-0.2, -0.15) is 0 Å². The lowest BCUT2D eigenvalue weighted by molar-refractivity contribution is 0.0287. The summed E-state index contributed by atoms with van der Waals surface area (Å²) in [7, 11) is 1.74. The van der Waals surface area contributed by atoms with Crippen LogP contribution in [0.3, 0.4) is 0 Å². The number of ether oxygens (including phenoxy) is 1. The van der Waals surface area contributed by atoms with E-state index in [4.69, 9.17) is 9.84 Å². The van der Waals surface area contributed by atoms with Crippen LogP contribution < -0.4 is 0 Å². The molecule has 2 rings (SSSR count). The summed E-state index contributed by atoms with van der Waals surface area (Å²) in [6, 6.07) is 0. The zero-order chi connectivity index (χ0) is 13.0. The van der Waals surface area contributed by atoms with Crippen LogP contribution in [0.2, 0.25) is 0 Å². The first-order valence-corrected chi connectivity index (χ1v) is 6.84. The fraction of sp³-hybridized carbons (Fsp3) is 0.923. The fourth-order valence-corrected chi connectivity index (χ4v) is 3.14. The molecule has 2 saturated heterocycles. The molecule has 1 N–H and O–H groups in total. The molecular weight excluding hydrogens is 232 g/mol. The molecule has 0 atom stereocenters. The van der Waals surface area contributed by atoms with Crippen LogP contribution >= 0.6 is 0 Å². The van der Waals surface area contributed by atoms with Crippen molar-refractivity contribution in [1.82, 2.24) is 9.80 Å². The van der Waals surface area contributed by atoms with Crippen LogP contribution in [0.15, 0.2) is 0 Å². The van der Waals surface area contributed by atoms with Crippen molar-refractivity contribution in [2.75, 3.05) is 46.4 Å². The predicted octanol–water partition coefficient (Wildman–Crippen LogP) is 1.49. The maximum Gasteiger partial charge on any atom is 0.407 e. The Morgan fingerprint density at radius 2 is 1.72 bits per heavy atom. The van der Waals surface area contributed by atoms with Crippen molar-refractivity contribution in [3.05, 3.63) is 0 Å². The van der Waals surface area contributed by atoms with Crippen LogP contribution in [0, 0.1) is 5.41 Å². The first-order valence-electron chi connectivity index (χ1n) is 6.84. The molecular formula is C13H24N2O3. The molecule has 18 heavy (non-hydrogen) atoms. The van der Waals surface area contributed by atoms with Crippen LogP contribution in [0.1, 0.15) is 25.7 Å². The van der Waals surface area contributed by atoms with E-state index in [9.17, 15) is 4.79 Å². The number of amides is 1. The largest absolute Gasteiger partial charge is 0.465 e. The second kappa shape index (κ2) is 5.89. The molecule has 1 spiro atoms. The van der Waals surface area contributed by atoms with Crippen LogP contribution in [-0.2, 0) is 4.74 Å². The van der Waals surface area contributed by atoms with Gasteiger partial charge in [0.15, 0.2) is 0 Å². The first kappa shape index (κ1) is 13.6. The topological polar surface area (TPSA) is 53.0 Å². The van der Waals surface area contributed by atoms with Crippen LogP contribution in [0.25, 0.3) is 0 Å². The molecule has 2 aliphatic rings. The molecule has 0 aromatic heterocycles. The molecule has 2 aliphatic heterocycles. The van der Waals surface area contributed by atoms with Gasteiger partial charge in [0, 0.05) is 26.7 Å². The summed E-state index contributed by atoms with van der Waals surface area (Å²) in [4.78, 5) is 14.9. The van der Waals surface area contributed by atoms with Crippen molar-refractivity contribution in [1.29, 1.82) is 0 Å². The van der Waals surface area contributed by atoms with Crippen LogP contribution in [0.5, 0.6) is 0 Å². The highest BCUT2D eigenvalue weighted by atomic mass is 16.5. The predicted molar refractivity (Wildman–Crippen MR) is 68.8 cm³/mol. The molecule has 2 heterocycles. The number of piperidine rings is 2. The molecule has 5 heteroatoms. The Morgan fingerprint density at radius 1 is 1.17 bits per heavy atom. The summed E-state index contributed by atoms with van der Waals surface area (Å²) in [5.74, 6) is 0. The van der Waals surface area contributed by atoms with Gasteiger partial charge in [0.1, 0.15) is 0 Å². The van der Waals surface area contributed by atoms with Gasteiger partial charge < -0.3 is 19.6 Å². The Kier molecular flexibility index (Phi) is 4.45. The molecule has 1 amide bonds. The van der Waals surface area contributed by atoms with Crippen molar-refractivity contribution in [3.63, 3.8) is 0 Å². The van der Waals surface area contributed by atoms with E-state index in [1.54, 1.807) is 12.0 Å². The number of hydrogen-bond donors (Lipinski definition) is 1. The third-order valence-electron chi connectivity index (χ3n) is 4.62. The van der Waals surface area contributed by atoms with Crippen LogP contribution in [-0.4, -0.2) is 67.4 Å². The number of likely N-dealkylation sites (tertiary alicyclic amines) is 2. The number of carbonyl (C=O) groups is 1. The third kappa shape index (κ3) is 3.14. The number of nitrogens with zero attached hydrogens (tertiary/aromatic N) is 2. The Bertz CT molecular complexity index is 278. The molecule has 0 radical (unpaired) electrons. The van der Waals surface area contributed by atoms with Gasteiger partial charge in [0.25, 0.3) is 0 Å². The molecule has 0 aromatic carbocycles. The fourth-order valence-electron chi connectivity index (χ4n) is 3.14. The van der Waals surface area contributed by atoms with E-state index in [2.05, 4.69) is 4.90 Å². The third-order valence-corrected chi connectivity index (χ3v) is 4.62. The van der Waals surface area contributed by atoms with Gasteiger partial charge >= 0.3 is 6.09 Å². The molecule has 0 aromatic rings. The SMILES string of the molecule is COCCN1CCC2(CC1)CCN(C(=O)O)CC2. The second-order valence-electron chi connectivity index (χ2n) is 5.60. The van der Waals surface area contributed by atoms with E-state index < -0.39 is 6.09 Å². The van der Waals surface area contributed by atoms with Crippen molar-refractivity contribution in [2.24, 2.45) is 5.41 Å². The van der Waals surface area contributed by atoms with Gasteiger partial charge in [0.05, 0.1) is 6.61 Å². The molecule has 104 valence electrons. The van der Waals surface area contributed by atoms with E-state index in [0.29, 0.717) is 18.5 Å². The average Bonchev–Trinajstić information content (AvgIpc) is 2.39. The highest BCUT2D eigenvalue weighted by Gasteiger charge is 2.38. The highest BCUT2D eigenvalue weighted by molar-refractivity contribution is 5.65. The monoisotopic (exact) mass is 256 g/mol. The van der Waals surface area contributed by atoms with E-state index in [0.717, 1.165) is 39.1 Å². The summed E-state index contributed by atoms with van der Waals surface area (Å²) >= 11 is 0. The Balaban J connectivity index is 1.77. The Labute approximate surface area is 109 Å². The number of carboxylic acid groups (broad SMARTS) is 1. The zero-order valence-electron chi connectivity index (χ0n) is 11.2. The van der Waals surface area contributed by atoms with Gasteiger partial charge in [0.2, 0.25) is 0 Å². The molecule has 5 nitrogen and oxygen atoms in total. The van der Waals surface area contributed by atoms with Crippen molar-refractivity contribution in [2.45, 2.75) is 25.7 Å². The van der Waals surface area contributed by atoms with Gasteiger partial charge in [-0.3, -0.25) is 0 Å². The summed E-state index contributed by atoms with van der Waals surface area (Å²) < 4.78 is 5.11. The zero-order valence-corrected chi connectivity index (χ0v) is 11.2. The molecule has 0 bridgehead atoms. The van der Waals surface area contributed by atoms with Crippen molar-refractivity contribution < 1.29 is 14.6 Å². The Morgan fingerprint density at radius 3 is 2.22 bits per heavy atom. The van der Waals surface area contributed by atoms with E-state index in [1.165, 1.54) is 12.8 Å². The van der Waals surface area contributed by atoms with E-state index in [-0.39, 0.29) is 0 Å². The highest BCUT2D eigenvalue weighted by Crippen LogP contribution is 2.41. The lowest BCUT2D eigenvalue weighted by Gasteiger charge is -2.46. The standard InChI is InChI=1S/C13H24N2O3/c1-18-11-10-14-6-2-13(3-7-14)4-8-15(9-5-13)12(16)17/h2-11H2,1H3,(H,16,17). The van der Waals surface area contributed by atoms with Gasteiger partial charge in [-0.05, 0) is 44.2 Å². The summed E-state index contributed by atoms with van der Waals surface area (Å²) in [5, 5.41) is 8.97. The quantitative estimate of drug-likeness (QED) is 0.831. The minimum absolute atomic E-state index is 0.412. The van der Waals surface area contributed by atoms with Gasteiger partial charge in [-0.15, -0.1) is 0 Å². The molecule has 0 aliphatic carbocycles. The average molecular weight is 256 g/mol. The van der Waals surface area contributed by atoms with Crippen molar-refractivity contribution >= 4 is 6.09 Å². The van der Waals surface area contributed by atoms with Crippen molar-refractivity contribution in [3.8, 4) is 0 Å². The summed E-state index contributed by atoms with van der Waals surface area (Å²) in [6.07, 6.45) is 3.74. The first-order chi connectivity index (χ1) is 8.65. The number of rotatable bonds is 3. The number of methoxy groups -OCH3 is 1. The van der Waals surface area contributed by atoms with E-state index >= 15 is 0 Å². The maximum atomic E-state index is 10.9. The van der Waals surface area contributed by atoms with Gasteiger partial charge in [-0.25, -0.2) is 4.79 Å². The number of hydrogen-bond acceptors (Lipinski definition) is 3. The molecule has 0 saturated carbocycles. The minimum Gasteiger partial charge on any atom is -0.465 e. The normalized spacial score (nSPS) is 24.4. The maximum absolute atomic E-state index is 10.9. The molecule has 0 unspecified atom stereocenters. The van der Waals surface area contributed by atoms with Crippen LogP contribution in [0.4, 0.5) is 4.79 Å². The minimum atomic E-state index is -0.762. The smallest absolute Gasteiger partial charge is 0.407 e. The lowest BCUT2D eigenvalue weighted by Crippen LogP contribution is -2.48.